The molecule has 23 heavy (non-hydrogen) atoms. The van der Waals surface area contributed by atoms with E-state index in [9.17, 15) is 14.0 Å². The van der Waals surface area contributed by atoms with E-state index in [2.05, 4.69) is 10.6 Å². The van der Waals surface area contributed by atoms with Gasteiger partial charge in [0.25, 0.3) is 0 Å². The van der Waals surface area contributed by atoms with Crippen molar-refractivity contribution >= 4 is 34.9 Å². The van der Waals surface area contributed by atoms with Gasteiger partial charge in [-0.05, 0) is 48.5 Å². The molecule has 0 unspecified atom stereocenters. The summed E-state index contributed by atoms with van der Waals surface area (Å²) in [5, 5.41) is 5.79. The largest absolute Gasteiger partial charge is 0.325 e. The molecule has 0 heterocycles. The van der Waals surface area contributed by atoms with E-state index in [4.69, 9.17) is 11.6 Å². The van der Waals surface area contributed by atoms with Gasteiger partial charge in [0.05, 0.1) is 0 Å². The molecule has 2 N–H and O–H groups in total. The van der Waals surface area contributed by atoms with E-state index in [1.54, 1.807) is 24.3 Å². The summed E-state index contributed by atoms with van der Waals surface area (Å²) in [5.41, 5.74) is 1.04. The van der Waals surface area contributed by atoms with Crippen LogP contribution in [0.15, 0.2) is 48.5 Å². The van der Waals surface area contributed by atoms with Gasteiger partial charge in [-0.15, -0.1) is 0 Å². The number of likely N-dealkylation sites (N-methyl/N-ethyl adjacent to an activating group) is 1. The molecule has 0 fully saturated rings. The second-order valence-corrected chi connectivity index (χ2v) is 5.28. The summed E-state index contributed by atoms with van der Waals surface area (Å²) in [4.78, 5) is 25.1. The smallest absolute Gasteiger partial charge is 0.322 e. The summed E-state index contributed by atoms with van der Waals surface area (Å²) < 4.78 is 12.8. The van der Waals surface area contributed by atoms with E-state index in [1.807, 2.05) is 0 Å². The van der Waals surface area contributed by atoms with Gasteiger partial charge in [0, 0.05) is 23.4 Å². The first-order valence-electron chi connectivity index (χ1n) is 6.77. The number of urea groups is 1. The normalized spacial score (nSPS) is 10.0. The maximum atomic E-state index is 12.8. The minimum Gasteiger partial charge on any atom is -0.325 e. The molecule has 0 aliphatic rings. The molecular weight excluding hydrogens is 321 g/mol. The number of anilines is 2. The number of carbonyl (C=O) groups excluding carboxylic acids is 2. The van der Waals surface area contributed by atoms with Gasteiger partial charge < -0.3 is 15.5 Å². The molecule has 0 aromatic heterocycles. The topological polar surface area (TPSA) is 61.4 Å². The molecule has 0 aliphatic heterocycles. The van der Waals surface area contributed by atoms with Gasteiger partial charge in [0.15, 0.2) is 0 Å². The number of hydrogen-bond acceptors (Lipinski definition) is 2. The van der Waals surface area contributed by atoms with Crippen LogP contribution in [0.1, 0.15) is 0 Å². The highest BCUT2D eigenvalue weighted by Gasteiger charge is 2.13. The van der Waals surface area contributed by atoms with Crippen molar-refractivity contribution in [3.63, 3.8) is 0 Å². The summed E-state index contributed by atoms with van der Waals surface area (Å²) >= 11 is 5.77. The number of carbonyl (C=O) groups is 2. The molecule has 0 radical (unpaired) electrons. The maximum Gasteiger partial charge on any atom is 0.322 e. The first-order chi connectivity index (χ1) is 10.9. The maximum absolute atomic E-state index is 12.8. The minimum atomic E-state index is -0.429. The Kier molecular flexibility index (Phi) is 5.54. The number of nitrogens with zero attached hydrogens (tertiary/aromatic N) is 1. The molecule has 0 saturated carbocycles. The van der Waals surface area contributed by atoms with Crippen molar-refractivity contribution in [1.82, 2.24) is 4.90 Å². The lowest BCUT2D eigenvalue weighted by Crippen LogP contribution is -2.37. The molecule has 0 aliphatic carbocycles. The lowest BCUT2D eigenvalue weighted by atomic mass is 10.3. The SMILES string of the molecule is CN(CC(=O)Nc1ccc(F)cc1)C(=O)Nc1ccc(Cl)cc1. The summed E-state index contributed by atoms with van der Waals surface area (Å²) in [6.45, 7) is -0.142. The van der Waals surface area contributed by atoms with Gasteiger partial charge in [-0.3, -0.25) is 4.79 Å². The van der Waals surface area contributed by atoms with Gasteiger partial charge in [-0.1, -0.05) is 11.6 Å². The van der Waals surface area contributed by atoms with E-state index in [0.717, 1.165) is 0 Å². The fraction of sp³-hybridized carbons (Fsp3) is 0.125. The third-order valence-corrected chi connectivity index (χ3v) is 3.20. The van der Waals surface area contributed by atoms with Crippen molar-refractivity contribution in [2.24, 2.45) is 0 Å². The van der Waals surface area contributed by atoms with Crippen LogP contribution < -0.4 is 10.6 Å². The number of nitrogens with one attached hydrogen (secondary N) is 2. The van der Waals surface area contributed by atoms with Crippen LogP contribution in [0.3, 0.4) is 0 Å². The van der Waals surface area contributed by atoms with E-state index < -0.39 is 6.03 Å². The lowest BCUT2D eigenvalue weighted by Gasteiger charge is -2.17. The van der Waals surface area contributed by atoms with Gasteiger partial charge in [0.1, 0.15) is 12.4 Å². The molecule has 2 aromatic rings. The molecule has 2 aromatic carbocycles. The van der Waals surface area contributed by atoms with Crippen molar-refractivity contribution in [2.75, 3.05) is 24.2 Å². The zero-order valence-corrected chi connectivity index (χ0v) is 13.1. The molecule has 0 bridgehead atoms. The lowest BCUT2D eigenvalue weighted by molar-refractivity contribution is -0.116. The number of amides is 3. The summed E-state index contributed by atoms with van der Waals surface area (Å²) in [6, 6.07) is 11.6. The zero-order chi connectivity index (χ0) is 16.8. The minimum absolute atomic E-state index is 0.142. The van der Waals surface area contributed by atoms with Crippen LogP contribution in [0.5, 0.6) is 0 Å². The average molecular weight is 336 g/mol. The molecule has 0 atom stereocenters. The standard InChI is InChI=1S/C16H15ClFN3O2/c1-21(16(23)20-14-6-2-11(17)3-7-14)10-15(22)19-13-8-4-12(18)5-9-13/h2-9H,10H2,1H3,(H,19,22)(H,20,23). The fourth-order valence-electron chi connectivity index (χ4n) is 1.77. The Morgan fingerprint density at radius 3 is 2.13 bits per heavy atom. The Balaban J connectivity index is 1.86. The van der Waals surface area contributed by atoms with Gasteiger partial charge in [-0.2, -0.15) is 0 Å². The van der Waals surface area contributed by atoms with Crippen molar-refractivity contribution in [1.29, 1.82) is 0 Å². The Morgan fingerprint density at radius 2 is 1.52 bits per heavy atom. The van der Waals surface area contributed by atoms with Gasteiger partial charge in [-0.25, -0.2) is 9.18 Å². The first kappa shape index (κ1) is 16.8. The van der Waals surface area contributed by atoms with Crippen LogP contribution in [0, 0.1) is 5.82 Å². The third-order valence-electron chi connectivity index (χ3n) is 2.95. The van der Waals surface area contributed by atoms with Gasteiger partial charge in [0.2, 0.25) is 5.91 Å². The van der Waals surface area contributed by atoms with E-state index in [1.165, 1.54) is 36.2 Å². The highest BCUT2D eigenvalue weighted by molar-refractivity contribution is 6.30. The molecule has 120 valence electrons. The van der Waals surface area contributed by atoms with Crippen LogP contribution >= 0.6 is 11.6 Å². The molecular formula is C16H15ClFN3O2. The third kappa shape index (κ3) is 5.27. The Morgan fingerprint density at radius 1 is 1.00 bits per heavy atom. The summed E-state index contributed by atoms with van der Waals surface area (Å²) in [6.07, 6.45) is 0. The number of rotatable bonds is 4. The Bertz CT molecular complexity index is 689. The van der Waals surface area contributed by atoms with Crippen molar-refractivity contribution < 1.29 is 14.0 Å². The summed E-state index contributed by atoms with van der Waals surface area (Å²) in [5.74, 6) is -0.771. The predicted molar refractivity (Wildman–Crippen MR) is 88.1 cm³/mol. The molecule has 0 spiro atoms. The molecule has 3 amide bonds. The van der Waals surface area contributed by atoms with Crippen molar-refractivity contribution in [3.8, 4) is 0 Å². The average Bonchev–Trinajstić information content (AvgIpc) is 2.51. The highest BCUT2D eigenvalue weighted by Crippen LogP contribution is 2.14. The first-order valence-corrected chi connectivity index (χ1v) is 7.15. The van der Waals surface area contributed by atoms with Crippen LogP contribution in [0.2, 0.25) is 5.02 Å². The second-order valence-electron chi connectivity index (χ2n) is 4.85. The number of benzene rings is 2. The van der Waals surface area contributed by atoms with Gasteiger partial charge >= 0.3 is 6.03 Å². The fourth-order valence-corrected chi connectivity index (χ4v) is 1.90. The highest BCUT2D eigenvalue weighted by atomic mass is 35.5. The monoisotopic (exact) mass is 335 g/mol. The Hall–Kier alpha value is -2.60. The molecule has 5 nitrogen and oxygen atoms in total. The van der Waals surface area contributed by atoms with Crippen molar-refractivity contribution in [2.45, 2.75) is 0 Å². The van der Waals surface area contributed by atoms with E-state index in [0.29, 0.717) is 16.4 Å². The molecule has 7 heteroatoms. The van der Waals surface area contributed by atoms with Crippen LogP contribution in [0.25, 0.3) is 0 Å². The number of hydrogen-bond donors (Lipinski definition) is 2. The van der Waals surface area contributed by atoms with Crippen LogP contribution in [-0.2, 0) is 4.79 Å². The summed E-state index contributed by atoms with van der Waals surface area (Å²) in [7, 11) is 1.50. The Labute approximate surface area is 138 Å². The van der Waals surface area contributed by atoms with Crippen LogP contribution in [-0.4, -0.2) is 30.4 Å². The predicted octanol–water partition coefficient (Wildman–Crippen LogP) is 3.58. The molecule has 0 saturated heterocycles. The molecule has 2 rings (SSSR count). The zero-order valence-electron chi connectivity index (χ0n) is 12.3. The van der Waals surface area contributed by atoms with Crippen LogP contribution in [0.4, 0.5) is 20.6 Å². The van der Waals surface area contributed by atoms with E-state index >= 15 is 0 Å². The van der Waals surface area contributed by atoms with E-state index in [-0.39, 0.29) is 18.3 Å². The number of halogens is 2. The second kappa shape index (κ2) is 7.60. The van der Waals surface area contributed by atoms with Crippen molar-refractivity contribution in [3.05, 3.63) is 59.4 Å². The quantitative estimate of drug-likeness (QED) is 0.897.